The first-order valence-electron chi connectivity index (χ1n) is 12.2. The zero-order valence-electron chi connectivity index (χ0n) is 20.5. The van der Waals surface area contributed by atoms with Gasteiger partial charge in [0.05, 0.1) is 28.7 Å². The number of piperidine rings is 1. The Bertz CT molecular complexity index is 1230. The molecule has 1 atom stereocenters. The number of amides is 1. The first-order chi connectivity index (χ1) is 16.8. The summed E-state index contributed by atoms with van der Waals surface area (Å²) in [6.45, 7) is 8.28. The number of nitrogens with zero attached hydrogens (tertiary/aromatic N) is 5. The molecule has 8 nitrogen and oxygen atoms in total. The molecule has 2 aliphatic heterocycles. The lowest BCUT2D eigenvalue weighted by atomic mass is 10.0. The molecular weight excluding hydrogens is 440 g/mol. The zero-order chi connectivity index (χ0) is 24.4. The van der Waals surface area contributed by atoms with Gasteiger partial charge in [-0.2, -0.15) is 5.10 Å². The summed E-state index contributed by atoms with van der Waals surface area (Å²) in [4.78, 5) is 23.9. The topological polar surface area (TPSA) is 83.0 Å². The molecule has 0 saturated carbocycles. The number of ether oxygens (including phenoxy) is 1. The van der Waals surface area contributed by atoms with Crippen molar-refractivity contribution in [2.45, 2.75) is 51.2 Å². The van der Waals surface area contributed by atoms with Gasteiger partial charge in [0, 0.05) is 43.4 Å². The van der Waals surface area contributed by atoms with Gasteiger partial charge in [0.2, 0.25) is 0 Å². The van der Waals surface area contributed by atoms with E-state index in [2.05, 4.69) is 26.3 Å². The molecule has 0 radical (unpaired) electrons. The van der Waals surface area contributed by atoms with E-state index in [1.807, 2.05) is 75.6 Å². The smallest absolute Gasteiger partial charge is 0.412 e. The van der Waals surface area contributed by atoms with Crippen LogP contribution in [0.1, 0.15) is 45.2 Å². The predicted molar refractivity (Wildman–Crippen MR) is 139 cm³/mol. The van der Waals surface area contributed by atoms with Crippen molar-refractivity contribution in [1.82, 2.24) is 15.0 Å². The summed E-state index contributed by atoms with van der Waals surface area (Å²) < 4.78 is 5.37. The zero-order valence-corrected chi connectivity index (χ0v) is 20.5. The molecule has 35 heavy (non-hydrogen) atoms. The largest absolute Gasteiger partial charge is 0.444 e. The van der Waals surface area contributed by atoms with E-state index in [-0.39, 0.29) is 5.92 Å². The standard InChI is InChI=1S/C27H32N6O2/c1-27(2,3)35-26(34)30-20-7-6-8-22(15-20)32-13-11-21(12-14-32)33-18-19(16-29-33)25-17-28-23-9-4-5-10-24(23)31-25/h4-10,15-17,19,21H,11-14,18H2,1-3H3,(H,30,34). The van der Waals surface area contributed by atoms with E-state index in [1.54, 1.807) is 0 Å². The Morgan fingerprint density at radius 3 is 2.60 bits per heavy atom. The Balaban J connectivity index is 1.16. The van der Waals surface area contributed by atoms with Crippen LogP contribution in [-0.4, -0.2) is 58.6 Å². The molecule has 3 aromatic rings. The third-order valence-corrected chi connectivity index (χ3v) is 6.37. The number of hydrazone groups is 1. The van der Waals surface area contributed by atoms with E-state index < -0.39 is 11.7 Å². The van der Waals surface area contributed by atoms with Gasteiger partial charge in [-0.05, 0) is 63.9 Å². The summed E-state index contributed by atoms with van der Waals surface area (Å²) in [6.07, 6.45) is 5.50. The highest BCUT2D eigenvalue weighted by atomic mass is 16.6. The number of rotatable bonds is 4. The Kier molecular flexibility index (Phi) is 6.28. The molecule has 1 unspecified atom stereocenters. The summed E-state index contributed by atoms with van der Waals surface area (Å²) in [6, 6.07) is 16.3. The van der Waals surface area contributed by atoms with E-state index in [4.69, 9.17) is 14.8 Å². The minimum atomic E-state index is -0.526. The summed E-state index contributed by atoms with van der Waals surface area (Å²) >= 11 is 0. The highest BCUT2D eigenvalue weighted by Gasteiger charge is 2.30. The number of fused-ring (bicyclic) bond motifs is 1. The van der Waals surface area contributed by atoms with Crippen molar-refractivity contribution >= 4 is 34.7 Å². The lowest BCUT2D eigenvalue weighted by Crippen LogP contribution is -2.42. The minimum absolute atomic E-state index is 0.167. The highest BCUT2D eigenvalue weighted by Crippen LogP contribution is 2.29. The van der Waals surface area contributed by atoms with Crippen LogP contribution in [0.25, 0.3) is 11.0 Å². The molecule has 2 aliphatic rings. The molecule has 2 aromatic carbocycles. The van der Waals surface area contributed by atoms with Gasteiger partial charge in [0.1, 0.15) is 5.60 Å². The lowest BCUT2D eigenvalue weighted by molar-refractivity contribution is 0.0636. The van der Waals surface area contributed by atoms with Gasteiger partial charge < -0.3 is 9.64 Å². The molecule has 1 N–H and O–H groups in total. The molecule has 3 heterocycles. The Hall–Kier alpha value is -3.68. The summed E-state index contributed by atoms with van der Waals surface area (Å²) in [5.74, 6) is 0.167. The number of carbonyl (C=O) groups is 1. The average Bonchev–Trinajstić information content (AvgIpc) is 3.33. The fraction of sp³-hybridized carbons (Fsp3) is 0.407. The molecule has 1 amide bonds. The Labute approximate surface area is 206 Å². The van der Waals surface area contributed by atoms with Crippen LogP contribution in [0.4, 0.5) is 16.2 Å². The second-order valence-corrected chi connectivity index (χ2v) is 10.2. The number of carbonyl (C=O) groups excluding carboxylic acids is 1. The van der Waals surface area contributed by atoms with Gasteiger partial charge >= 0.3 is 6.09 Å². The molecule has 1 aromatic heterocycles. The van der Waals surface area contributed by atoms with Crippen LogP contribution in [-0.2, 0) is 4.74 Å². The second kappa shape index (κ2) is 9.52. The SMILES string of the molecule is CC(C)(C)OC(=O)Nc1cccc(N2CCC(N3CC(c4cnc5ccccc5n4)C=N3)CC2)c1. The van der Waals surface area contributed by atoms with Crippen molar-refractivity contribution in [2.75, 3.05) is 29.9 Å². The van der Waals surface area contributed by atoms with Crippen LogP contribution in [0.15, 0.2) is 59.8 Å². The molecule has 1 saturated heterocycles. The highest BCUT2D eigenvalue weighted by molar-refractivity contribution is 5.85. The second-order valence-electron chi connectivity index (χ2n) is 10.2. The van der Waals surface area contributed by atoms with Crippen LogP contribution in [0, 0.1) is 0 Å². The first-order valence-corrected chi connectivity index (χ1v) is 12.2. The third kappa shape index (κ3) is 5.53. The van der Waals surface area contributed by atoms with Crippen molar-refractivity contribution in [2.24, 2.45) is 5.10 Å². The number of hydrogen-bond donors (Lipinski definition) is 1. The van der Waals surface area contributed by atoms with Crippen molar-refractivity contribution in [3.05, 3.63) is 60.4 Å². The number of benzene rings is 2. The molecule has 1 fully saturated rings. The molecule has 0 bridgehead atoms. The van der Waals surface area contributed by atoms with Crippen LogP contribution in [0.3, 0.4) is 0 Å². The maximum atomic E-state index is 12.1. The fourth-order valence-electron chi connectivity index (χ4n) is 4.65. The first kappa shape index (κ1) is 23.1. The lowest BCUT2D eigenvalue weighted by Gasteiger charge is -2.37. The summed E-state index contributed by atoms with van der Waals surface area (Å²) in [5.41, 5.74) is 4.13. The number of nitrogens with one attached hydrogen (secondary N) is 1. The minimum Gasteiger partial charge on any atom is -0.444 e. The molecule has 182 valence electrons. The maximum absolute atomic E-state index is 12.1. The normalized spacial score (nSPS) is 18.8. The van der Waals surface area contributed by atoms with Crippen molar-refractivity contribution < 1.29 is 9.53 Å². The van der Waals surface area contributed by atoms with E-state index >= 15 is 0 Å². The van der Waals surface area contributed by atoms with Crippen molar-refractivity contribution in [3.8, 4) is 0 Å². The fourth-order valence-corrected chi connectivity index (χ4v) is 4.65. The Morgan fingerprint density at radius 2 is 1.83 bits per heavy atom. The van der Waals surface area contributed by atoms with Gasteiger partial charge in [0.25, 0.3) is 0 Å². The number of hydrogen-bond acceptors (Lipinski definition) is 7. The monoisotopic (exact) mass is 472 g/mol. The molecule has 5 rings (SSSR count). The van der Waals surface area contributed by atoms with Crippen molar-refractivity contribution in [1.29, 1.82) is 0 Å². The number of aromatic nitrogens is 2. The van der Waals surface area contributed by atoms with E-state index in [0.29, 0.717) is 6.04 Å². The Morgan fingerprint density at radius 1 is 1.06 bits per heavy atom. The molecule has 0 aliphatic carbocycles. The quantitative estimate of drug-likeness (QED) is 0.573. The van der Waals surface area contributed by atoms with E-state index in [1.165, 1.54) is 0 Å². The van der Waals surface area contributed by atoms with Crippen LogP contribution in [0.5, 0.6) is 0 Å². The average molecular weight is 473 g/mol. The molecular formula is C27H32N6O2. The van der Waals surface area contributed by atoms with Gasteiger partial charge in [0.15, 0.2) is 0 Å². The van der Waals surface area contributed by atoms with E-state index in [0.717, 1.165) is 60.6 Å². The van der Waals surface area contributed by atoms with Crippen LogP contribution in [0.2, 0.25) is 0 Å². The van der Waals surface area contributed by atoms with Crippen molar-refractivity contribution in [3.63, 3.8) is 0 Å². The predicted octanol–water partition coefficient (Wildman–Crippen LogP) is 5.03. The number of para-hydroxylation sites is 2. The van der Waals surface area contributed by atoms with E-state index in [9.17, 15) is 4.79 Å². The van der Waals surface area contributed by atoms with Gasteiger partial charge in [-0.1, -0.05) is 18.2 Å². The summed E-state index contributed by atoms with van der Waals surface area (Å²) in [5, 5.41) is 9.79. The van der Waals surface area contributed by atoms with Crippen LogP contribution >= 0.6 is 0 Å². The third-order valence-electron chi connectivity index (χ3n) is 6.37. The summed E-state index contributed by atoms with van der Waals surface area (Å²) in [7, 11) is 0. The molecule has 0 spiro atoms. The van der Waals surface area contributed by atoms with Crippen LogP contribution < -0.4 is 10.2 Å². The van der Waals surface area contributed by atoms with Gasteiger partial charge in [-0.25, -0.2) is 9.78 Å². The van der Waals surface area contributed by atoms with Gasteiger partial charge in [-0.15, -0.1) is 0 Å². The van der Waals surface area contributed by atoms with Gasteiger partial charge in [-0.3, -0.25) is 15.3 Å². The number of anilines is 2. The molecule has 8 heteroatoms. The maximum Gasteiger partial charge on any atom is 0.412 e.